The van der Waals surface area contributed by atoms with E-state index in [9.17, 15) is 14.4 Å². The van der Waals surface area contributed by atoms with E-state index in [1.54, 1.807) is 6.92 Å². The van der Waals surface area contributed by atoms with E-state index in [-0.39, 0.29) is 25.2 Å². The highest BCUT2D eigenvalue weighted by atomic mass is 16.4. The molecule has 6 heteroatoms. The number of carbonyl (C=O) groups excluding carboxylic acids is 2. The average molecular weight is 202 g/mol. The summed E-state index contributed by atoms with van der Waals surface area (Å²) in [6.45, 7) is 1.63. The molecule has 0 aromatic rings. The second-order valence-corrected chi connectivity index (χ2v) is 2.81. The molecule has 0 fully saturated rings. The summed E-state index contributed by atoms with van der Waals surface area (Å²) in [5, 5.41) is 10.7. The molecule has 4 N–H and O–H groups in total. The molecule has 6 nitrogen and oxygen atoms in total. The van der Waals surface area contributed by atoms with Crippen molar-refractivity contribution < 1.29 is 19.5 Å². The molecule has 0 bridgehead atoms. The molecule has 14 heavy (non-hydrogen) atoms. The van der Waals surface area contributed by atoms with Gasteiger partial charge in [-0.05, 0) is 6.42 Å². The smallest absolute Gasteiger partial charge is 0.303 e. The summed E-state index contributed by atoms with van der Waals surface area (Å²) in [5.74, 6) is -2.06. The van der Waals surface area contributed by atoms with Crippen molar-refractivity contribution >= 4 is 17.8 Å². The van der Waals surface area contributed by atoms with Crippen LogP contribution in [0.25, 0.3) is 0 Å². The maximum absolute atomic E-state index is 10.9. The standard InChI is InChI=1S/C8H14N2O4/c1-2-6(11)10-5(8(9)14)3-4-7(12)13/h5H,2-4H2,1H3,(H2,9,14)(H,10,11)(H,12,13)/t5-/m1/s1. The largest absolute Gasteiger partial charge is 0.481 e. The first-order chi connectivity index (χ1) is 6.47. The van der Waals surface area contributed by atoms with Crippen molar-refractivity contribution in [3.63, 3.8) is 0 Å². The van der Waals surface area contributed by atoms with Gasteiger partial charge in [-0.3, -0.25) is 14.4 Å². The Hall–Kier alpha value is -1.59. The van der Waals surface area contributed by atoms with E-state index < -0.39 is 17.9 Å². The van der Waals surface area contributed by atoms with Gasteiger partial charge in [-0.1, -0.05) is 6.92 Å². The van der Waals surface area contributed by atoms with Gasteiger partial charge in [0.05, 0.1) is 0 Å². The minimum atomic E-state index is -1.03. The number of carboxylic acid groups (broad SMARTS) is 1. The minimum Gasteiger partial charge on any atom is -0.481 e. The lowest BCUT2D eigenvalue weighted by molar-refractivity contribution is -0.137. The average Bonchev–Trinajstić information content (AvgIpc) is 2.10. The number of amides is 2. The van der Waals surface area contributed by atoms with Crippen molar-refractivity contribution in [2.45, 2.75) is 32.2 Å². The van der Waals surface area contributed by atoms with Crippen LogP contribution >= 0.6 is 0 Å². The molecule has 0 spiro atoms. The normalized spacial score (nSPS) is 11.8. The van der Waals surface area contributed by atoms with Gasteiger partial charge in [0.2, 0.25) is 11.8 Å². The maximum Gasteiger partial charge on any atom is 0.303 e. The second-order valence-electron chi connectivity index (χ2n) is 2.81. The van der Waals surface area contributed by atoms with Gasteiger partial charge in [-0.15, -0.1) is 0 Å². The molecule has 0 rings (SSSR count). The van der Waals surface area contributed by atoms with Crippen LogP contribution in [0.5, 0.6) is 0 Å². The first kappa shape index (κ1) is 12.4. The monoisotopic (exact) mass is 202 g/mol. The Bertz CT molecular complexity index is 239. The Labute approximate surface area is 81.5 Å². The molecule has 0 aliphatic heterocycles. The topological polar surface area (TPSA) is 109 Å². The maximum atomic E-state index is 10.9. The van der Waals surface area contributed by atoms with E-state index in [1.165, 1.54) is 0 Å². The minimum absolute atomic E-state index is 0.0242. The molecular formula is C8H14N2O4. The number of primary amides is 1. The zero-order valence-electron chi connectivity index (χ0n) is 7.95. The van der Waals surface area contributed by atoms with Gasteiger partial charge in [-0.2, -0.15) is 0 Å². The van der Waals surface area contributed by atoms with Crippen LogP contribution < -0.4 is 11.1 Å². The summed E-state index contributed by atoms with van der Waals surface area (Å²) < 4.78 is 0. The number of nitrogens with one attached hydrogen (secondary N) is 1. The van der Waals surface area contributed by atoms with E-state index in [0.29, 0.717) is 0 Å². The third-order valence-corrected chi connectivity index (χ3v) is 1.65. The van der Waals surface area contributed by atoms with Crippen molar-refractivity contribution in [1.29, 1.82) is 0 Å². The number of nitrogens with two attached hydrogens (primary N) is 1. The predicted octanol–water partition coefficient (Wildman–Crippen LogP) is -0.769. The van der Waals surface area contributed by atoms with Crippen LogP contribution in [0, 0.1) is 0 Å². The Morgan fingerprint density at radius 1 is 1.43 bits per heavy atom. The molecule has 0 aromatic heterocycles. The van der Waals surface area contributed by atoms with Gasteiger partial charge in [0.15, 0.2) is 0 Å². The lowest BCUT2D eigenvalue weighted by Crippen LogP contribution is -2.44. The highest BCUT2D eigenvalue weighted by Gasteiger charge is 2.17. The highest BCUT2D eigenvalue weighted by Crippen LogP contribution is 1.97. The zero-order valence-corrected chi connectivity index (χ0v) is 7.95. The quantitative estimate of drug-likeness (QED) is 0.525. The molecule has 0 radical (unpaired) electrons. The van der Waals surface area contributed by atoms with E-state index in [1.807, 2.05) is 0 Å². The van der Waals surface area contributed by atoms with Crippen LogP contribution in [0.3, 0.4) is 0 Å². The molecule has 0 heterocycles. The Balaban J connectivity index is 4.09. The van der Waals surface area contributed by atoms with Gasteiger partial charge in [0.25, 0.3) is 0 Å². The van der Waals surface area contributed by atoms with Gasteiger partial charge < -0.3 is 16.2 Å². The number of aliphatic carboxylic acids is 1. The first-order valence-corrected chi connectivity index (χ1v) is 4.27. The fraction of sp³-hybridized carbons (Fsp3) is 0.625. The van der Waals surface area contributed by atoms with Crippen molar-refractivity contribution in [3.8, 4) is 0 Å². The Morgan fingerprint density at radius 3 is 2.36 bits per heavy atom. The van der Waals surface area contributed by atoms with E-state index in [0.717, 1.165) is 0 Å². The molecule has 1 atom stereocenters. The predicted molar refractivity (Wildman–Crippen MR) is 48.3 cm³/mol. The molecule has 0 saturated carbocycles. The van der Waals surface area contributed by atoms with Crippen molar-refractivity contribution in [1.82, 2.24) is 5.32 Å². The number of hydrogen-bond acceptors (Lipinski definition) is 3. The van der Waals surface area contributed by atoms with Crippen molar-refractivity contribution in [2.24, 2.45) is 5.73 Å². The highest BCUT2D eigenvalue weighted by molar-refractivity contribution is 5.86. The zero-order chi connectivity index (χ0) is 11.1. The van der Waals surface area contributed by atoms with Crippen LogP contribution in [0.4, 0.5) is 0 Å². The van der Waals surface area contributed by atoms with Gasteiger partial charge >= 0.3 is 5.97 Å². The van der Waals surface area contributed by atoms with Crippen molar-refractivity contribution in [2.75, 3.05) is 0 Å². The molecule has 0 aliphatic carbocycles. The molecular weight excluding hydrogens is 188 g/mol. The van der Waals surface area contributed by atoms with Gasteiger partial charge in [-0.25, -0.2) is 0 Å². The van der Waals surface area contributed by atoms with Crippen LogP contribution in [-0.4, -0.2) is 28.9 Å². The molecule has 0 saturated heterocycles. The van der Waals surface area contributed by atoms with Crippen molar-refractivity contribution in [3.05, 3.63) is 0 Å². The van der Waals surface area contributed by atoms with Crippen LogP contribution in [-0.2, 0) is 14.4 Å². The summed E-state index contributed by atoms with van der Waals surface area (Å²) in [6.07, 6.45) is 0.0604. The number of carbonyl (C=O) groups is 3. The SMILES string of the molecule is CCC(=O)N[C@H](CCC(=O)O)C(N)=O. The summed E-state index contributed by atoms with van der Waals surface area (Å²) in [4.78, 5) is 31.9. The van der Waals surface area contributed by atoms with Crippen LogP contribution in [0.2, 0.25) is 0 Å². The van der Waals surface area contributed by atoms with E-state index in [4.69, 9.17) is 10.8 Å². The molecule has 0 aromatic carbocycles. The molecule has 80 valence electrons. The van der Waals surface area contributed by atoms with E-state index >= 15 is 0 Å². The Kier molecular flexibility index (Phi) is 5.28. The second kappa shape index (κ2) is 5.95. The van der Waals surface area contributed by atoms with Crippen LogP contribution in [0.1, 0.15) is 26.2 Å². The fourth-order valence-electron chi connectivity index (χ4n) is 0.850. The lowest BCUT2D eigenvalue weighted by Gasteiger charge is -2.13. The summed E-state index contributed by atoms with van der Waals surface area (Å²) in [7, 11) is 0. The van der Waals surface area contributed by atoms with Gasteiger partial charge in [0.1, 0.15) is 6.04 Å². The van der Waals surface area contributed by atoms with Gasteiger partial charge in [0, 0.05) is 12.8 Å². The third-order valence-electron chi connectivity index (χ3n) is 1.65. The molecule has 0 aliphatic rings. The molecule has 2 amide bonds. The molecule has 0 unspecified atom stereocenters. The lowest BCUT2D eigenvalue weighted by atomic mass is 10.1. The number of rotatable bonds is 6. The number of hydrogen-bond donors (Lipinski definition) is 3. The third kappa shape index (κ3) is 5.13. The fourth-order valence-corrected chi connectivity index (χ4v) is 0.850. The summed E-state index contributed by atoms with van der Waals surface area (Å²) in [5.41, 5.74) is 4.98. The van der Waals surface area contributed by atoms with E-state index in [2.05, 4.69) is 5.32 Å². The van der Waals surface area contributed by atoms with Crippen LogP contribution in [0.15, 0.2) is 0 Å². The Morgan fingerprint density at radius 2 is 2.00 bits per heavy atom. The summed E-state index contributed by atoms with van der Waals surface area (Å²) in [6, 6.07) is -0.890. The number of carboxylic acids is 1. The first-order valence-electron chi connectivity index (χ1n) is 4.27. The summed E-state index contributed by atoms with van der Waals surface area (Å²) >= 11 is 0.